The topological polar surface area (TPSA) is 50.4 Å². The van der Waals surface area contributed by atoms with E-state index in [0.717, 1.165) is 24.3 Å². The molecule has 4 nitrogen and oxygen atoms in total. The van der Waals surface area contributed by atoms with Gasteiger partial charge in [-0.15, -0.1) is 0 Å². The monoisotopic (exact) mass is 264 g/mol. The standard InChI is InChI=1S/C15H24N2O2/c1-5-8-16-15(18)12(3)17-10-13-9-11(2)6-7-14(13)19-4/h6-7,9,12,17H,5,8,10H2,1-4H3,(H,16,18). The highest BCUT2D eigenvalue weighted by molar-refractivity contribution is 5.81. The molecule has 106 valence electrons. The van der Waals surface area contributed by atoms with Crippen LogP contribution in [0, 0.1) is 6.92 Å². The van der Waals surface area contributed by atoms with Gasteiger partial charge in [-0.1, -0.05) is 24.6 Å². The van der Waals surface area contributed by atoms with Crippen LogP contribution in [0.15, 0.2) is 18.2 Å². The lowest BCUT2D eigenvalue weighted by molar-refractivity contribution is -0.122. The number of hydrogen-bond donors (Lipinski definition) is 2. The largest absolute Gasteiger partial charge is 0.496 e. The van der Waals surface area contributed by atoms with Gasteiger partial charge in [0.1, 0.15) is 5.75 Å². The molecule has 0 aliphatic heterocycles. The highest BCUT2D eigenvalue weighted by Crippen LogP contribution is 2.19. The SMILES string of the molecule is CCCNC(=O)C(C)NCc1cc(C)ccc1OC. The fourth-order valence-electron chi connectivity index (χ4n) is 1.80. The van der Waals surface area contributed by atoms with Crippen molar-refractivity contribution in [3.05, 3.63) is 29.3 Å². The minimum atomic E-state index is -0.211. The molecule has 2 N–H and O–H groups in total. The molecule has 1 aromatic rings. The average Bonchev–Trinajstić information content (AvgIpc) is 2.42. The van der Waals surface area contributed by atoms with Gasteiger partial charge < -0.3 is 15.4 Å². The Bertz CT molecular complexity index is 419. The van der Waals surface area contributed by atoms with Crippen LogP contribution in [0.1, 0.15) is 31.4 Å². The highest BCUT2D eigenvalue weighted by atomic mass is 16.5. The van der Waals surface area contributed by atoms with E-state index in [2.05, 4.69) is 16.7 Å². The number of aryl methyl sites for hydroxylation is 1. The van der Waals surface area contributed by atoms with Gasteiger partial charge in [-0.3, -0.25) is 4.79 Å². The second-order valence-electron chi connectivity index (χ2n) is 4.71. The first-order valence-electron chi connectivity index (χ1n) is 6.73. The van der Waals surface area contributed by atoms with Crippen LogP contribution in [0.2, 0.25) is 0 Å². The van der Waals surface area contributed by atoms with E-state index in [1.54, 1.807) is 7.11 Å². The van der Waals surface area contributed by atoms with Crippen LogP contribution in [0.4, 0.5) is 0 Å². The first-order valence-corrected chi connectivity index (χ1v) is 6.73. The molecule has 0 saturated heterocycles. The molecule has 0 heterocycles. The van der Waals surface area contributed by atoms with Gasteiger partial charge >= 0.3 is 0 Å². The summed E-state index contributed by atoms with van der Waals surface area (Å²) in [5.41, 5.74) is 2.25. The number of rotatable bonds is 7. The molecule has 0 spiro atoms. The van der Waals surface area contributed by atoms with Crippen molar-refractivity contribution in [3.8, 4) is 5.75 Å². The number of benzene rings is 1. The second kappa shape index (κ2) is 7.79. The minimum absolute atomic E-state index is 0.0356. The lowest BCUT2D eigenvalue weighted by Gasteiger charge is -2.15. The van der Waals surface area contributed by atoms with Gasteiger partial charge in [-0.05, 0) is 26.3 Å². The lowest BCUT2D eigenvalue weighted by atomic mass is 10.1. The predicted octanol–water partition coefficient (Wildman–Crippen LogP) is 2.01. The van der Waals surface area contributed by atoms with Crippen LogP contribution in [-0.4, -0.2) is 25.6 Å². The number of methoxy groups -OCH3 is 1. The van der Waals surface area contributed by atoms with E-state index in [1.165, 1.54) is 5.56 Å². The molecule has 1 rings (SSSR count). The van der Waals surface area contributed by atoms with Gasteiger partial charge in [0.15, 0.2) is 0 Å². The maximum absolute atomic E-state index is 11.7. The van der Waals surface area contributed by atoms with Crippen molar-refractivity contribution >= 4 is 5.91 Å². The second-order valence-corrected chi connectivity index (χ2v) is 4.71. The van der Waals surface area contributed by atoms with E-state index in [0.29, 0.717) is 6.54 Å². The van der Waals surface area contributed by atoms with E-state index in [9.17, 15) is 4.79 Å². The van der Waals surface area contributed by atoms with Gasteiger partial charge in [0.2, 0.25) is 5.91 Å². The van der Waals surface area contributed by atoms with Crippen LogP contribution >= 0.6 is 0 Å². The smallest absolute Gasteiger partial charge is 0.236 e. The summed E-state index contributed by atoms with van der Waals surface area (Å²) in [7, 11) is 1.66. The summed E-state index contributed by atoms with van der Waals surface area (Å²) in [6.07, 6.45) is 0.949. The van der Waals surface area contributed by atoms with Crippen molar-refractivity contribution < 1.29 is 9.53 Å². The fourth-order valence-corrected chi connectivity index (χ4v) is 1.80. The van der Waals surface area contributed by atoms with E-state index in [1.807, 2.05) is 32.9 Å². The Morgan fingerprint density at radius 1 is 1.42 bits per heavy atom. The average molecular weight is 264 g/mol. The predicted molar refractivity (Wildman–Crippen MR) is 77.3 cm³/mol. The zero-order valence-electron chi connectivity index (χ0n) is 12.2. The lowest BCUT2D eigenvalue weighted by Crippen LogP contribution is -2.42. The highest BCUT2D eigenvalue weighted by Gasteiger charge is 2.12. The zero-order valence-corrected chi connectivity index (χ0v) is 12.2. The third-order valence-corrected chi connectivity index (χ3v) is 2.98. The molecule has 0 saturated carbocycles. The summed E-state index contributed by atoms with van der Waals surface area (Å²) in [5.74, 6) is 0.882. The molecule has 4 heteroatoms. The summed E-state index contributed by atoms with van der Waals surface area (Å²) in [6.45, 7) is 7.29. The maximum atomic E-state index is 11.7. The Morgan fingerprint density at radius 3 is 2.79 bits per heavy atom. The molecular weight excluding hydrogens is 240 g/mol. The number of carbonyl (C=O) groups excluding carboxylic acids is 1. The van der Waals surface area contributed by atoms with Crippen molar-refractivity contribution in [2.75, 3.05) is 13.7 Å². The summed E-state index contributed by atoms with van der Waals surface area (Å²) in [4.78, 5) is 11.7. The molecule has 0 bridgehead atoms. The number of carbonyl (C=O) groups is 1. The van der Waals surface area contributed by atoms with Crippen LogP contribution in [-0.2, 0) is 11.3 Å². The van der Waals surface area contributed by atoms with Gasteiger partial charge in [0.05, 0.1) is 13.2 Å². The van der Waals surface area contributed by atoms with Crippen molar-refractivity contribution in [1.82, 2.24) is 10.6 Å². The molecule has 0 radical (unpaired) electrons. The van der Waals surface area contributed by atoms with E-state index in [-0.39, 0.29) is 11.9 Å². The van der Waals surface area contributed by atoms with Gasteiger partial charge in [-0.2, -0.15) is 0 Å². The molecule has 0 aliphatic carbocycles. The van der Waals surface area contributed by atoms with E-state index in [4.69, 9.17) is 4.74 Å². The first kappa shape index (κ1) is 15.5. The van der Waals surface area contributed by atoms with E-state index >= 15 is 0 Å². The number of nitrogens with one attached hydrogen (secondary N) is 2. The van der Waals surface area contributed by atoms with Crippen molar-refractivity contribution in [2.24, 2.45) is 0 Å². The van der Waals surface area contributed by atoms with Gasteiger partial charge in [0.25, 0.3) is 0 Å². The van der Waals surface area contributed by atoms with Crippen molar-refractivity contribution in [3.63, 3.8) is 0 Å². The number of ether oxygens (including phenoxy) is 1. The molecule has 1 atom stereocenters. The Labute approximate surface area is 115 Å². The van der Waals surface area contributed by atoms with Crippen LogP contribution in [0.25, 0.3) is 0 Å². The molecule has 19 heavy (non-hydrogen) atoms. The first-order chi connectivity index (χ1) is 9.08. The third kappa shape index (κ3) is 4.91. The zero-order chi connectivity index (χ0) is 14.3. The normalized spacial score (nSPS) is 12.0. The maximum Gasteiger partial charge on any atom is 0.236 e. The Balaban J connectivity index is 2.56. The minimum Gasteiger partial charge on any atom is -0.496 e. The fraction of sp³-hybridized carbons (Fsp3) is 0.533. The summed E-state index contributed by atoms with van der Waals surface area (Å²) in [6, 6.07) is 5.83. The van der Waals surface area contributed by atoms with Crippen LogP contribution in [0.5, 0.6) is 5.75 Å². The summed E-state index contributed by atoms with van der Waals surface area (Å²) < 4.78 is 5.32. The number of hydrogen-bond acceptors (Lipinski definition) is 3. The molecule has 1 amide bonds. The molecule has 0 aromatic heterocycles. The Kier molecular flexibility index (Phi) is 6.36. The molecular formula is C15H24N2O2. The summed E-state index contributed by atoms with van der Waals surface area (Å²) >= 11 is 0. The molecule has 1 aromatic carbocycles. The summed E-state index contributed by atoms with van der Waals surface area (Å²) in [5, 5.41) is 6.09. The van der Waals surface area contributed by atoms with E-state index < -0.39 is 0 Å². The quantitative estimate of drug-likeness (QED) is 0.792. The van der Waals surface area contributed by atoms with Crippen LogP contribution in [0.3, 0.4) is 0 Å². The molecule has 1 unspecified atom stereocenters. The molecule has 0 aliphatic rings. The van der Waals surface area contributed by atoms with Crippen molar-refractivity contribution in [2.45, 2.75) is 39.8 Å². The number of amides is 1. The van der Waals surface area contributed by atoms with Crippen molar-refractivity contribution in [1.29, 1.82) is 0 Å². The molecule has 0 fully saturated rings. The van der Waals surface area contributed by atoms with Gasteiger partial charge in [-0.25, -0.2) is 0 Å². The Hall–Kier alpha value is -1.55. The third-order valence-electron chi connectivity index (χ3n) is 2.98. The van der Waals surface area contributed by atoms with Gasteiger partial charge in [0, 0.05) is 18.7 Å². The van der Waals surface area contributed by atoms with Crippen LogP contribution < -0.4 is 15.4 Å². The Morgan fingerprint density at radius 2 is 2.16 bits per heavy atom.